The summed E-state index contributed by atoms with van der Waals surface area (Å²) >= 11 is 0. The minimum atomic E-state index is -0.377. The van der Waals surface area contributed by atoms with Crippen LogP contribution in [0.5, 0.6) is 11.5 Å². The van der Waals surface area contributed by atoms with Crippen molar-refractivity contribution in [2.24, 2.45) is 0 Å². The van der Waals surface area contributed by atoms with Gasteiger partial charge in [0.1, 0.15) is 0 Å². The van der Waals surface area contributed by atoms with Crippen LogP contribution in [0.15, 0.2) is 85.2 Å². The molecule has 2 amide bonds. The van der Waals surface area contributed by atoms with Crippen LogP contribution in [0, 0.1) is 0 Å². The summed E-state index contributed by atoms with van der Waals surface area (Å²) in [6.07, 6.45) is 6.72. The third-order valence-corrected chi connectivity index (χ3v) is 4.85. The number of aromatic hydroxyl groups is 2. The summed E-state index contributed by atoms with van der Waals surface area (Å²) < 4.78 is 0. The molecule has 0 aliphatic heterocycles. The Kier molecular flexibility index (Phi) is 6.60. The van der Waals surface area contributed by atoms with E-state index in [0.29, 0.717) is 11.1 Å². The van der Waals surface area contributed by atoms with Crippen molar-refractivity contribution in [2.45, 2.75) is 0 Å². The summed E-state index contributed by atoms with van der Waals surface area (Å²) in [6.45, 7) is 0. The highest BCUT2D eigenvalue weighted by atomic mass is 16.3. The fourth-order valence-corrected chi connectivity index (χ4v) is 3.03. The number of nitrogens with zero attached hydrogens (tertiary/aromatic N) is 2. The molecular formula is C26H20N4O4. The van der Waals surface area contributed by atoms with E-state index in [1.807, 2.05) is 12.2 Å². The van der Waals surface area contributed by atoms with Gasteiger partial charge in [0.25, 0.3) is 11.8 Å². The molecule has 0 aliphatic carbocycles. The van der Waals surface area contributed by atoms with Gasteiger partial charge in [-0.25, -0.2) is 9.97 Å². The molecule has 34 heavy (non-hydrogen) atoms. The number of hydrogen-bond acceptors (Lipinski definition) is 6. The van der Waals surface area contributed by atoms with Crippen molar-refractivity contribution in [2.75, 3.05) is 10.6 Å². The molecule has 0 spiro atoms. The Morgan fingerprint density at radius 1 is 0.618 bits per heavy atom. The van der Waals surface area contributed by atoms with Crippen LogP contribution >= 0.6 is 0 Å². The van der Waals surface area contributed by atoms with Crippen LogP contribution in [-0.4, -0.2) is 32.0 Å². The van der Waals surface area contributed by atoms with Crippen LogP contribution in [-0.2, 0) is 0 Å². The van der Waals surface area contributed by atoms with Crippen molar-refractivity contribution in [3.8, 4) is 11.5 Å². The molecule has 0 unspecified atom stereocenters. The van der Waals surface area contributed by atoms with Crippen LogP contribution in [0.3, 0.4) is 0 Å². The first-order chi connectivity index (χ1) is 16.5. The average Bonchev–Trinajstić information content (AvgIpc) is 2.86. The van der Waals surface area contributed by atoms with Gasteiger partial charge >= 0.3 is 0 Å². The highest BCUT2D eigenvalue weighted by Crippen LogP contribution is 2.20. The molecule has 2 aromatic carbocycles. The monoisotopic (exact) mass is 452 g/mol. The molecule has 0 bridgehead atoms. The minimum absolute atomic E-state index is 0.102. The third kappa shape index (κ3) is 5.43. The number of hydrogen-bond donors (Lipinski definition) is 4. The molecule has 2 aromatic heterocycles. The molecule has 0 saturated carbocycles. The topological polar surface area (TPSA) is 124 Å². The molecule has 4 aromatic rings. The van der Waals surface area contributed by atoms with Gasteiger partial charge in [0.2, 0.25) is 0 Å². The maximum atomic E-state index is 12.3. The molecule has 0 fully saturated rings. The molecule has 0 aliphatic rings. The Morgan fingerprint density at radius 2 is 1.00 bits per heavy atom. The maximum absolute atomic E-state index is 12.3. The van der Waals surface area contributed by atoms with E-state index in [-0.39, 0.29) is 34.9 Å². The molecule has 4 N–H and O–H groups in total. The Morgan fingerprint density at radius 3 is 1.35 bits per heavy atom. The Labute approximate surface area is 195 Å². The quantitative estimate of drug-likeness (QED) is 0.318. The summed E-state index contributed by atoms with van der Waals surface area (Å²) in [4.78, 5) is 32.6. The molecule has 2 heterocycles. The molecule has 8 heteroatoms. The highest BCUT2D eigenvalue weighted by molar-refractivity contribution is 6.05. The fourth-order valence-electron chi connectivity index (χ4n) is 3.03. The standard InChI is InChI=1S/C26H20N4O4/c31-21-3-1-15-27-23(21)29-25(33)19-11-7-17(8-12-19)5-6-18-9-13-20(14-10-18)26(34)30-24-22(32)4-2-16-28-24/h1-16,31-32H,(H,27,29,33)(H,28,30,34)/b6-5+. The molecule has 8 nitrogen and oxygen atoms in total. The van der Waals surface area contributed by atoms with Crippen LogP contribution in [0.1, 0.15) is 31.8 Å². The lowest BCUT2D eigenvalue weighted by atomic mass is 10.1. The normalized spacial score (nSPS) is 10.7. The summed E-state index contributed by atoms with van der Waals surface area (Å²) in [5.74, 6) is -0.756. The molecule has 4 rings (SSSR count). The van der Waals surface area contributed by atoms with Crippen molar-refractivity contribution in [3.05, 3.63) is 107 Å². The summed E-state index contributed by atoms with van der Waals surface area (Å²) in [5.41, 5.74) is 2.61. The van der Waals surface area contributed by atoms with Crippen molar-refractivity contribution in [3.63, 3.8) is 0 Å². The zero-order chi connectivity index (χ0) is 23.9. The maximum Gasteiger partial charge on any atom is 0.256 e. The summed E-state index contributed by atoms with van der Waals surface area (Å²) in [6, 6.07) is 19.9. The lowest BCUT2D eigenvalue weighted by Gasteiger charge is -2.06. The number of anilines is 2. The second-order valence-electron chi connectivity index (χ2n) is 7.23. The molecule has 0 saturated heterocycles. The van der Waals surface area contributed by atoms with E-state index in [4.69, 9.17) is 0 Å². The van der Waals surface area contributed by atoms with Gasteiger partial charge < -0.3 is 20.8 Å². The van der Waals surface area contributed by atoms with Crippen molar-refractivity contribution >= 4 is 35.6 Å². The van der Waals surface area contributed by atoms with Crippen LogP contribution < -0.4 is 10.6 Å². The zero-order valence-corrected chi connectivity index (χ0v) is 17.8. The molecule has 0 atom stereocenters. The number of carbonyl (C=O) groups excluding carboxylic acids is 2. The lowest BCUT2D eigenvalue weighted by Crippen LogP contribution is -2.12. The fraction of sp³-hybridized carbons (Fsp3) is 0. The number of amides is 2. The van der Waals surface area contributed by atoms with E-state index in [2.05, 4.69) is 20.6 Å². The van der Waals surface area contributed by atoms with Gasteiger partial charge in [0, 0.05) is 23.5 Å². The summed E-state index contributed by atoms with van der Waals surface area (Å²) in [7, 11) is 0. The number of rotatable bonds is 6. The van der Waals surface area contributed by atoms with E-state index < -0.39 is 0 Å². The predicted octanol–water partition coefficient (Wildman–Crippen LogP) is 4.56. The van der Waals surface area contributed by atoms with Crippen LogP contribution in [0.25, 0.3) is 12.2 Å². The summed E-state index contributed by atoms with van der Waals surface area (Å²) in [5, 5.41) is 24.6. The largest absolute Gasteiger partial charge is 0.504 e. The number of aromatic nitrogens is 2. The predicted molar refractivity (Wildman–Crippen MR) is 130 cm³/mol. The van der Waals surface area contributed by atoms with Gasteiger partial charge in [0.15, 0.2) is 23.1 Å². The highest BCUT2D eigenvalue weighted by Gasteiger charge is 2.10. The Hall–Kier alpha value is -4.98. The van der Waals surface area contributed by atoms with Gasteiger partial charge in [-0.3, -0.25) is 9.59 Å². The van der Waals surface area contributed by atoms with Gasteiger partial charge in [-0.15, -0.1) is 0 Å². The smallest absolute Gasteiger partial charge is 0.256 e. The lowest BCUT2D eigenvalue weighted by molar-refractivity contribution is 0.101. The number of carbonyl (C=O) groups is 2. The molecular weight excluding hydrogens is 432 g/mol. The van der Waals surface area contributed by atoms with Gasteiger partial charge in [-0.1, -0.05) is 36.4 Å². The second-order valence-corrected chi connectivity index (χ2v) is 7.23. The van der Waals surface area contributed by atoms with Gasteiger partial charge in [0.05, 0.1) is 0 Å². The zero-order valence-electron chi connectivity index (χ0n) is 17.8. The van der Waals surface area contributed by atoms with Gasteiger partial charge in [-0.2, -0.15) is 0 Å². The SMILES string of the molecule is O=C(Nc1ncccc1O)c1ccc(/C=C/c2ccc(C(=O)Nc3ncccc3O)cc2)cc1. The first-order valence-corrected chi connectivity index (χ1v) is 10.3. The third-order valence-electron chi connectivity index (χ3n) is 4.85. The molecule has 0 radical (unpaired) electrons. The number of benzene rings is 2. The number of pyridine rings is 2. The second kappa shape index (κ2) is 10.1. The Bertz CT molecular complexity index is 1250. The average molecular weight is 452 g/mol. The van der Waals surface area contributed by atoms with E-state index >= 15 is 0 Å². The van der Waals surface area contributed by atoms with Crippen molar-refractivity contribution in [1.82, 2.24) is 9.97 Å². The minimum Gasteiger partial charge on any atom is -0.504 e. The van der Waals surface area contributed by atoms with Crippen molar-refractivity contribution < 1.29 is 19.8 Å². The first-order valence-electron chi connectivity index (χ1n) is 10.3. The molecule has 168 valence electrons. The van der Waals surface area contributed by atoms with E-state index in [9.17, 15) is 19.8 Å². The first kappa shape index (κ1) is 22.2. The van der Waals surface area contributed by atoms with E-state index in [1.165, 1.54) is 24.5 Å². The van der Waals surface area contributed by atoms with E-state index in [1.54, 1.807) is 60.7 Å². The van der Waals surface area contributed by atoms with Gasteiger partial charge in [-0.05, 0) is 59.7 Å². The van der Waals surface area contributed by atoms with Crippen LogP contribution in [0.2, 0.25) is 0 Å². The number of nitrogens with one attached hydrogen (secondary N) is 2. The van der Waals surface area contributed by atoms with Crippen molar-refractivity contribution in [1.29, 1.82) is 0 Å². The van der Waals surface area contributed by atoms with E-state index in [0.717, 1.165) is 11.1 Å². The van der Waals surface area contributed by atoms with Crippen LogP contribution in [0.4, 0.5) is 11.6 Å². The Balaban J connectivity index is 1.37.